The summed E-state index contributed by atoms with van der Waals surface area (Å²) < 4.78 is 7.47. The van der Waals surface area contributed by atoms with Crippen LogP contribution in [0.5, 0.6) is 0 Å². The lowest BCUT2D eigenvalue weighted by Crippen LogP contribution is -2.08. The van der Waals surface area contributed by atoms with Crippen LogP contribution in [0.2, 0.25) is 0 Å². The first-order chi connectivity index (χ1) is 13.9. The van der Waals surface area contributed by atoms with E-state index in [4.69, 9.17) is 4.42 Å². The minimum absolute atomic E-state index is 0.528. The van der Waals surface area contributed by atoms with Crippen molar-refractivity contribution in [1.29, 1.82) is 0 Å². The largest absolute Gasteiger partial charge is 0.421 e. The monoisotopic (exact) mass is 389 g/mol. The molecule has 0 unspecified atom stereocenters. The van der Waals surface area contributed by atoms with Gasteiger partial charge in [0.15, 0.2) is 11.5 Å². The van der Waals surface area contributed by atoms with Crippen LogP contribution >= 0.6 is 11.3 Å². The number of hydrogen-bond acceptors (Lipinski definition) is 8. The molecular formula is C19H15N7OS. The summed E-state index contributed by atoms with van der Waals surface area (Å²) in [6.45, 7) is 0.616. The van der Waals surface area contributed by atoms with Crippen molar-refractivity contribution < 1.29 is 4.42 Å². The fourth-order valence-corrected chi connectivity index (χ4v) is 3.44. The van der Waals surface area contributed by atoms with Gasteiger partial charge in [0.2, 0.25) is 11.8 Å². The Kier molecular flexibility index (Phi) is 4.26. The SMILES string of the molecule is c1ccc(-c2nnc(CCNc3ccc4nnc(-c5ccsc5)n4n3)o2)cc1. The lowest BCUT2D eigenvalue weighted by atomic mass is 10.2. The van der Waals surface area contributed by atoms with Crippen molar-refractivity contribution in [1.82, 2.24) is 30.0 Å². The van der Waals surface area contributed by atoms with Gasteiger partial charge in [-0.25, -0.2) is 0 Å². The number of fused-ring (bicyclic) bond motifs is 1. The van der Waals surface area contributed by atoms with E-state index in [0.717, 1.165) is 22.8 Å². The third kappa shape index (κ3) is 3.23. The molecular weight excluding hydrogens is 374 g/mol. The first kappa shape index (κ1) is 16.6. The van der Waals surface area contributed by atoms with Crippen LogP contribution in [0.25, 0.3) is 28.5 Å². The van der Waals surface area contributed by atoms with Gasteiger partial charge in [0.1, 0.15) is 5.82 Å². The van der Waals surface area contributed by atoms with Gasteiger partial charge < -0.3 is 9.73 Å². The zero-order valence-corrected chi connectivity index (χ0v) is 15.5. The summed E-state index contributed by atoms with van der Waals surface area (Å²) in [6.07, 6.45) is 0.596. The molecule has 0 fully saturated rings. The molecule has 138 valence electrons. The zero-order valence-electron chi connectivity index (χ0n) is 14.7. The summed E-state index contributed by atoms with van der Waals surface area (Å²) in [6, 6.07) is 15.5. The van der Waals surface area contributed by atoms with E-state index in [1.54, 1.807) is 15.9 Å². The molecule has 0 aliphatic rings. The highest BCUT2D eigenvalue weighted by molar-refractivity contribution is 7.08. The smallest absolute Gasteiger partial charge is 0.247 e. The number of nitrogens with zero attached hydrogens (tertiary/aromatic N) is 6. The molecule has 0 bridgehead atoms. The van der Waals surface area contributed by atoms with Crippen molar-refractivity contribution in [3.63, 3.8) is 0 Å². The van der Waals surface area contributed by atoms with Gasteiger partial charge in [0.25, 0.3) is 0 Å². The third-order valence-corrected chi connectivity index (χ3v) is 4.86. The van der Waals surface area contributed by atoms with Gasteiger partial charge in [-0.2, -0.15) is 15.9 Å². The van der Waals surface area contributed by atoms with E-state index >= 15 is 0 Å². The molecule has 0 saturated heterocycles. The van der Waals surface area contributed by atoms with E-state index in [1.807, 2.05) is 59.3 Å². The van der Waals surface area contributed by atoms with Crippen LogP contribution in [-0.2, 0) is 6.42 Å². The molecule has 0 amide bonds. The molecule has 0 aliphatic heterocycles. The van der Waals surface area contributed by atoms with Crippen LogP contribution in [0, 0.1) is 0 Å². The Morgan fingerprint density at radius 3 is 2.71 bits per heavy atom. The van der Waals surface area contributed by atoms with Gasteiger partial charge in [0, 0.05) is 29.5 Å². The average Bonchev–Trinajstić information content (AvgIpc) is 3.49. The predicted molar refractivity (Wildman–Crippen MR) is 106 cm³/mol. The van der Waals surface area contributed by atoms with Gasteiger partial charge >= 0.3 is 0 Å². The quantitative estimate of drug-likeness (QED) is 0.474. The second kappa shape index (κ2) is 7.20. The van der Waals surface area contributed by atoms with Gasteiger partial charge in [-0.1, -0.05) is 18.2 Å². The maximum atomic E-state index is 5.73. The Hall–Kier alpha value is -3.59. The van der Waals surface area contributed by atoms with E-state index in [9.17, 15) is 0 Å². The lowest BCUT2D eigenvalue weighted by Gasteiger charge is -2.04. The Morgan fingerprint density at radius 1 is 0.929 bits per heavy atom. The molecule has 0 spiro atoms. The fourth-order valence-electron chi connectivity index (χ4n) is 2.80. The number of benzene rings is 1. The molecule has 0 atom stereocenters. The average molecular weight is 389 g/mol. The molecule has 28 heavy (non-hydrogen) atoms. The molecule has 8 nitrogen and oxygen atoms in total. The van der Waals surface area contributed by atoms with Gasteiger partial charge in [-0.3, -0.25) is 0 Å². The van der Waals surface area contributed by atoms with Crippen molar-refractivity contribution in [2.24, 2.45) is 0 Å². The standard InChI is InChI=1S/C19H15N7OS/c1-2-4-13(5-3-1)19-24-22-17(27-19)8-10-20-15-6-7-16-21-23-18(26(16)25-15)14-9-11-28-12-14/h1-7,9,11-12H,8,10H2,(H,20,25). The first-order valence-electron chi connectivity index (χ1n) is 8.73. The minimum atomic E-state index is 0.528. The van der Waals surface area contributed by atoms with E-state index in [2.05, 4.69) is 30.8 Å². The number of thiophene rings is 1. The van der Waals surface area contributed by atoms with Crippen molar-refractivity contribution in [2.75, 3.05) is 11.9 Å². The molecule has 0 aliphatic carbocycles. The predicted octanol–water partition coefficient (Wildman–Crippen LogP) is 3.56. The number of nitrogens with one attached hydrogen (secondary N) is 1. The summed E-state index contributed by atoms with van der Waals surface area (Å²) >= 11 is 1.61. The maximum Gasteiger partial charge on any atom is 0.247 e. The second-order valence-corrected chi connectivity index (χ2v) is 6.85. The number of hydrogen-bond donors (Lipinski definition) is 1. The molecule has 4 heterocycles. The van der Waals surface area contributed by atoms with Crippen molar-refractivity contribution in [3.8, 4) is 22.8 Å². The molecule has 1 aromatic carbocycles. The summed E-state index contributed by atoms with van der Waals surface area (Å²) in [5.74, 6) is 2.56. The number of anilines is 1. The molecule has 0 radical (unpaired) electrons. The molecule has 9 heteroatoms. The summed E-state index contributed by atoms with van der Waals surface area (Å²) in [4.78, 5) is 0. The van der Waals surface area contributed by atoms with Crippen LogP contribution < -0.4 is 5.32 Å². The van der Waals surface area contributed by atoms with Crippen LogP contribution in [0.3, 0.4) is 0 Å². The Morgan fingerprint density at radius 2 is 1.86 bits per heavy atom. The highest BCUT2D eigenvalue weighted by atomic mass is 32.1. The first-order valence-corrected chi connectivity index (χ1v) is 9.68. The van der Waals surface area contributed by atoms with Crippen LogP contribution in [-0.4, -0.2) is 36.6 Å². The molecule has 5 rings (SSSR count). The van der Waals surface area contributed by atoms with E-state index in [-0.39, 0.29) is 0 Å². The molecule has 1 N–H and O–H groups in total. The molecule has 0 saturated carbocycles. The van der Waals surface area contributed by atoms with Crippen molar-refractivity contribution in [3.05, 3.63) is 65.2 Å². The van der Waals surface area contributed by atoms with Gasteiger partial charge in [0.05, 0.1) is 0 Å². The Balaban J connectivity index is 1.28. The van der Waals surface area contributed by atoms with Crippen molar-refractivity contribution in [2.45, 2.75) is 6.42 Å². The van der Waals surface area contributed by atoms with Gasteiger partial charge in [-0.05, 0) is 35.7 Å². The topological polar surface area (TPSA) is 94.0 Å². The van der Waals surface area contributed by atoms with E-state index in [1.165, 1.54) is 0 Å². The number of aromatic nitrogens is 6. The van der Waals surface area contributed by atoms with Crippen molar-refractivity contribution >= 4 is 22.8 Å². The maximum absolute atomic E-state index is 5.73. The van der Waals surface area contributed by atoms with Gasteiger partial charge in [-0.15, -0.1) is 25.5 Å². The third-order valence-electron chi connectivity index (χ3n) is 4.17. The second-order valence-electron chi connectivity index (χ2n) is 6.07. The zero-order chi connectivity index (χ0) is 18.8. The fraction of sp³-hybridized carbons (Fsp3) is 0.105. The summed E-state index contributed by atoms with van der Waals surface area (Å²) in [5.41, 5.74) is 2.62. The minimum Gasteiger partial charge on any atom is -0.421 e. The van der Waals surface area contributed by atoms with Crippen LogP contribution in [0.15, 0.2) is 63.7 Å². The normalized spacial score (nSPS) is 11.1. The van der Waals surface area contributed by atoms with Crippen LogP contribution in [0.4, 0.5) is 5.82 Å². The Labute approximate surface area is 163 Å². The van der Waals surface area contributed by atoms with Crippen LogP contribution in [0.1, 0.15) is 5.89 Å². The highest BCUT2D eigenvalue weighted by Gasteiger charge is 2.11. The summed E-state index contributed by atoms with van der Waals surface area (Å²) in [7, 11) is 0. The number of rotatable bonds is 6. The summed E-state index contributed by atoms with van der Waals surface area (Å²) in [5, 5.41) is 28.5. The Bertz CT molecular complexity index is 1200. The molecule has 5 aromatic rings. The highest BCUT2D eigenvalue weighted by Crippen LogP contribution is 2.21. The van der Waals surface area contributed by atoms with E-state index < -0.39 is 0 Å². The lowest BCUT2D eigenvalue weighted by molar-refractivity contribution is 0.509. The van der Waals surface area contributed by atoms with E-state index in [0.29, 0.717) is 30.4 Å². The molecule has 4 aromatic heterocycles.